The average molecular weight is 413 g/mol. The standard InChI is InChI=1S/C22H23NO5S/c1-13-5-7-16(14(2)11-13)23-21(25)19(20(22(23)26)29-10-9-24)15-6-8-17(27-3)18(12-15)28-4/h5-8,11-12,24H,9-10H2,1-4H3. The van der Waals surface area contributed by atoms with E-state index in [4.69, 9.17) is 9.47 Å². The number of aryl methyl sites for hydroxylation is 2. The Bertz CT molecular complexity index is 999. The highest BCUT2D eigenvalue weighted by Gasteiger charge is 2.40. The molecule has 0 saturated heterocycles. The number of hydrogen-bond donors (Lipinski definition) is 1. The smallest absolute Gasteiger partial charge is 0.272 e. The second-order valence-electron chi connectivity index (χ2n) is 6.58. The number of nitrogens with zero attached hydrogens (tertiary/aromatic N) is 1. The molecule has 2 amide bonds. The molecule has 0 bridgehead atoms. The Morgan fingerprint density at radius 2 is 1.69 bits per heavy atom. The molecule has 6 nitrogen and oxygen atoms in total. The summed E-state index contributed by atoms with van der Waals surface area (Å²) < 4.78 is 10.6. The zero-order valence-corrected chi connectivity index (χ0v) is 17.6. The summed E-state index contributed by atoms with van der Waals surface area (Å²) in [5.41, 5.74) is 3.31. The van der Waals surface area contributed by atoms with E-state index in [0.29, 0.717) is 39.0 Å². The molecule has 2 aromatic carbocycles. The van der Waals surface area contributed by atoms with Crippen LogP contribution in [0.4, 0.5) is 5.69 Å². The molecule has 3 rings (SSSR count). The summed E-state index contributed by atoms with van der Waals surface area (Å²) >= 11 is 1.18. The van der Waals surface area contributed by atoms with Crippen LogP contribution in [0.15, 0.2) is 41.3 Å². The van der Waals surface area contributed by atoms with Gasteiger partial charge in [0, 0.05) is 5.75 Å². The quantitative estimate of drug-likeness (QED) is 0.702. The van der Waals surface area contributed by atoms with Crippen LogP contribution in [0.25, 0.3) is 5.57 Å². The highest BCUT2D eigenvalue weighted by atomic mass is 32.2. The first-order valence-electron chi connectivity index (χ1n) is 9.09. The van der Waals surface area contributed by atoms with Crippen molar-refractivity contribution in [2.75, 3.05) is 31.5 Å². The fourth-order valence-corrected chi connectivity index (χ4v) is 4.17. The van der Waals surface area contributed by atoms with E-state index in [1.807, 2.05) is 26.0 Å². The Kier molecular flexibility index (Phi) is 6.30. The molecule has 2 aromatic rings. The highest BCUT2D eigenvalue weighted by molar-refractivity contribution is 8.04. The van der Waals surface area contributed by atoms with Crippen LogP contribution in [-0.2, 0) is 9.59 Å². The van der Waals surface area contributed by atoms with E-state index in [1.165, 1.54) is 30.9 Å². The van der Waals surface area contributed by atoms with E-state index in [9.17, 15) is 14.7 Å². The zero-order valence-electron chi connectivity index (χ0n) is 16.8. The molecule has 0 unspecified atom stereocenters. The predicted octanol–water partition coefficient (Wildman–Crippen LogP) is 3.33. The minimum absolute atomic E-state index is 0.0988. The SMILES string of the molecule is COc1ccc(C2=C(SCCO)C(=O)N(c3ccc(C)cc3C)C2=O)cc1OC. The summed E-state index contributed by atoms with van der Waals surface area (Å²) in [4.78, 5) is 28.1. The number of carbonyl (C=O) groups is 2. The summed E-state index contributed by atoms with van der Waals surface area (Å²) in [5.74, 6) is 0.532. The van der Waals surface area contributed by atoms with Crippen molar-refractivity contribution in [1.82, 2.24) is 0 Å². The van der Waals surface area contributed by atoms with Gasteiger partial charge in [-0.1, -0.05) is 23.8 Å². The fraction of sp³-hybridized carbons (Fsp3) is 0.273. The number of anilines is 1. The van der Waals surface area contributed by atoms with Crippen molar-refractivity contribution in [2.45, 2.75) is 13.8 Å². The maximum absolute atomic E-state index is 13.4. The maximum atomic E-state index is 13.4. The van der Waals surface area contributed by atoms with Gasteiger partial charge in [-0.05, 0) is 43.2 Å². The number of carbonyl (C=O) groups excluding carboxylic acids is 2. The van der Waals surface area contributed by atoms with Gasteiger partial charge in [0.2, 0.25) is 0 Å². The molecule has 0 saturated carbocycles. The lowest BCUT2D eigenvalue weighted by Gasteiger charge is -2.18. The lowest BCUT2D eigenvalue weighted by molar-refractivity contribution is -0.119. The number of hydrogen-bond acceptors (Lipinski definition) is 6. The number of benzene rings is 2. The molecule has 29 heavy (non-hydrogen) atoms. The Balaban J connectivity index is 2.12. The Morgan fingerprint density at radius 1 is 0.966 bits per heavy atom. The molecule has 0 fully saturated rings. The van der Waals surface area contributed by atoms with Crippen LogP contribution in [-0.4, -0.2) is 43.5 Å². The minimum Gasteiger partial charge on any atom is -0.493 e. The van der Waals surface area contributed by atoms with Crippen LogP contribution in [0.3, 0.4) is 0 Å². The molecular weight excluding hydrogens is 390 g/mol. The van der Waals surface area contributed by atoms with Gasteiger partial charge in [-0.25, -0.2) is 4.90 Å². The molecule has 1 aliphatic heterocycles. The number of aliphatic hydroxyl groups excluding tert-OH is 1. The normalized spacial score (nSPS) is 14.0. The second-order valence-corrected chi connectivity index (χ2v) is 7.69. The monoisotopic (exact) mass is 413 g/mol. The van der Waals surface area contributed by atoms with Gasteiger partial charge in [0.25, 0.3) is 11.8 Å². The third-order valence-corrected chi connectivity index (χ3v) is 5.70. The zero-order chi connectivity index (χ0) is 21.1. The van der Waals surface area contributed by atoms with E-state index in [0.717, 1.165) is 11.1 Å². The molecular formula is C22H23NO5S. The topological polar surface area (TPSA) is 76.1 Å². The van der Waals surface area contributed by atoms with Crippen molar-refractivity contribution in [3.63, 3.8) is 0 Å². The van der Waals surface area contributed by atoms with E-state index in [-0.39, 0.29) is 12.5 Å². The number of ether oxygens (including phenoxy) is 2. The number of imide groups is 1. The highest BCUT2D eigenvalue weighted by Crippen LogP contribution is 2.41. The number of thioether (sulfide) groups is 1. The predicted molar refractivity (Wildman–Crippen MR) is 114 cm³/mol. The van der Waals surface area contributed by atoms with Gasteiger partial charge in [-0.15, -0.1) is 11.8 Å². The Hall–Kier alpha value is -2.77. The van der Waals surface area contributed by atoms with Gasteiger partial charge in [-0.2, -0.15) is 0 Å². The summed E-state index contributed by atoms with van der Waals surface area (Å²) in [5, 5.41) is 9.25. The molecule has 152 valence electrons. The fourth-order valence-electron chi connectivity index (χ4n) is 3.31. The van der Waals surface area contributed by atoms with Gasteiger partial charge in [-0.3, -0.25) is 9.59 Å². The Morgan fingerprint density at radius 3 is 2.31 bits per heavy atom. The van der Waals surface area contributed by atoms with Crippen molar-refractivity contribution in [1.29, 1.82) is 0 Å². The van der Waals surface area contributed by atoms with E-state index < -0.39 is 5.91 Å². The third-order valence-electron chi connectivity index (χ3n) is 4.64. The van der Waals surface area contributed by atoms with Crippen LogP contribution in [0.1, 0.15) is 16.7 Å². The lowest BCUT2D eigenvalue weighted by atomic mass is 10.0. The van der Waals surface area contributed by atoms with E-state index in [2.05, 4.69) is 0 Å². The van der Waals surface area contributed by atoms with Crippen LogP contribution < -0.4 is 14.4 Å². The molecule has 1 N–H and O–H groups in total. The summed E-state index contributed by atoms with van der Waals surface area (Å²) in [7, 11) is 3.05. The van der Waals surface area contributed by atoms with Crippen LogP contribution >= 0.6 is 11.8 Å². The van der Waals surface area contributed by atoms with Crippen molar-refractivity contribution in [3.8, 4) is 11.5 Å². The molecule has 0 spiro atoms. The van der Waals surface area contributed by atoms with Crippen molar-refractivity contribution in [3.05, 3.63) is 58.0 Å². The maximum Gasteiger partial charge on any atom is 0.272 e. The number of aliphatic hydroxyl groups is 1. The lowest BCUT2D eigenvalue weighted by Crippen LogP contribution is -2.32. The summed E-state index contributed by atoms with van der Waals surface area (Å²) in [6.45, 7) is 3.73. The first kappa shape index (κ1) is 21.0. The summed E-state index contributed by atoms with van der Waals surface area (Å²) in [6, 6.07) is 10.7. The van der Waals surface area contributed by atoms with Crippen LogP contribution in [0.2, 0.25) is 0 Å². The Labute approximate surface area is 174 Å². The van der Waals surface area contributed by atoms with Crippen molar-refractivity contribution < 1.29 is 24.2 Å². The average Bonchev–Trinajstić information content (AvgIpc) is 2.95. The van der Waals surface area contributed by atoms with Crippen molar-refractivity contribution in [2.24, 2.45) is 0 Å². The molecule has 0 radical (unpaired) electrons. The largest absolute Gasteiger partial charge is 0.493 e. The number of rotatable bonds is 7. The van der Waals surface area contributed by atoms with Gasteiger partial charge in [0.15, 0.2) is 11.5 Å². The minimum atomic E-state index is -0.394. The number of methoxy groups -OCH3 is 2. The van der Waals surface area contributed by atoms with E-state index in [1.54, 1.807) is 24.3 Å². The molecule has 0 aromatic heterocycles. The molecule has 0 aliphatic carbocycles. The molecule has 7 heteroatoms. The molecule has 1 aliphatic rings. The number of amides is 2. The first-order chi connectivity index (χ1) is 13.9. The van der Waals surface area contributed by atoms with Crippen molar-refractivity contribution >= 4 is 34.8 Å². The second kappa shape index (κ2) is 8.71. The van der Waals surface area contributed by atoms with Gasteiger partial charge in [0.1, 0.15) is 0 Å². The molecule has 1 heterocycles. The van der Waals surface area contributed by atoms with Crippen LogP contribution in [0.5, 0.6) is 11.5 Å². The van der Waals surface area contributed by atoms with Gasteiger partial charge < -0.3 is 14.6 Å². The third kappa shape index (κ3) is 3.88. The molecule has 0 atom stereocenters. The first-order valence-corrected chi connectivity index (χ1v) is 10.1. The van der Waals surface area contributed by atoms with Gasteiger partial charge in [0.05, 0.1) is 37.0 Å². The van der Waals surface area contributed by atoms with Gasteiger partial charge >= 0.3 is 0 Å². The van der Waals surface area contributed by atoms with E-state index >= 15 is 0 Å². The summed E-state index contributed by atoms with van der Waals surface area (Å²) in [6.07, 6.45) is 0. The van der Waals surface area contributed by atoms with Crippen LogP contribution in [0, 0.1) is 13.8 Å².